The van der Waals surface area contributed by atoms with Crippen LogP contribution in [0.25, 0.3) is 0 Å². The van der Waals surface area contributed by atoms with E-state index in [1.807, 2.05) is 37.3 Å². The number of carbonyl (C=O) groups excluding carboxylic acids is 1. The molecule has 0 saturated carbocycles. The van der Waals surface area contributed by atoms with Gasteiger partial charge in [-0.05, 0) is 43.2 Å². The molecule has 0 aliphatic carbocycles. The third-order valence-corrected chi connectivity index (χ3v) is 3.60. The zero-order valence-electron chi connectivity index (χ0n) is 11.5. The molecule has 20 heavy (non-hydrogen) atoms. The van der Waals surface area contributed by atoms with E-state index >= 15 is 0 Å². The van der Waals surface area contributed by atoms with E-state index < -0.39 is 0 Å². The summed E-state index contributed by atoms with van der Waals surface area (Å²) in [7, 11) is 0. The van der Waals surface area contributed by atoms with Gasteiger partial charge in [0.1, 0.15) is 0 Å². The molecule has 0 unspecified atom stereocenters. The molecule has 1 aromatic carbocycles. The van der Waals surface area contributed by atoms with Crippen LogP contribution in [0.2, 0.25) is 0 Å². The van der Waals surface area contributed by atoms with Crippen LogP contribution >= 0.6 is 0 Å². The van der Waals surface area contributed by atoms with Gasteiger partial charge >= 0.3 is 0 Å². The van der Waals surface area contributed by atoms with Gasteiger partial charge in [0.2, 0.25) is 0 Å². The van der Waals surface area contributed by atoms with Crippen molar-refractivity contribution in [2.75, 3.05) is 23.3 Å². The number of fused-ring (bicyclic) bond motifs is 1. The lowest BCUT2D eigenvalue weighted by atomic mass is 10.1. The van der Waals surface area contributed by atoms with Crippen LogP contribution < -0.4 is 10.2 Å². The van der Waals surface area contributed by atoms with Crippen molar-refractivity contribution in [3.63, 3.8) is 0 Å². The van der Waals surface area contributed by atoms with Crippen LogP contribution in [-0.2, 0) is 6.42 Å². The van der Waals surface area contributed by atoms with Crippen molar-refractivity contribution in [3.05, 3.63) is 53.9 Å². The molecule has 4 nitrogen and oxygen atoms in total. The summed E-state index contributed by atoms with van der Waals surface area (Å²) in [5.41, 5.74) is 3.97. The summed E-state index contributed by atoms with van der Waals surface area (Å²) in [5.74, 6) is 0.0233. The van der Waals surface area contributed by atoms with E-state index in [9.17, 15) is 4.79 Å². The lowest BCUT2D eigenvalue weighted by Crippen LogP contribution is -2.30. The summed E-state index contributed by atoms with van der Waals surface area (Å²) in [5, 5.41) is 3.31. The highest BCUT2D eigenvalue weighted by Crippen LogP contribution is 2.25. The van der Waals surface area contributed by atoms with E-state index in [-0.39, 0.29) is 5.91 Å². The molecule has 1 aliphatic heterocycles. The van der Waals surface area contributed by atoms with Gasteiger partial charge in [0.25, 0.3) is 5.91 Å². The molecule has 1 N–H and O–H groups in total. The summed E-state index contributed by atoms with van der Waals surface area (Å²) in [6.45, 7) is 3.56. The zero-order chi connectivity index (χ0) is 13.9. The second-order valence-electron chi connectivity index (χ2n) is 4.80. The molecule has 0 bridgehead atoms. The number of amides is 1. The Morgan fingerprint density at radius 2 is 2.10 bits per heavy atom. The number of nitrogens with one attached hydrogen (secondary N) is 1. The summed E-state index contributed by atoms with van der Waals surface area (Å²) >= 11 is 0. The monoisotopic (exact) mass is 267 g/mol. The van der Waals surface area contributed by atoms with Gasteiger partial charge in [-0.15, -0.1) is 0 Å². The largest absolute Gasteiger partial charge is 0.384 e. The van der Waals surface area contributed by atoms with Gasteiger partial charge in [0, 0.05) is 42.4 Å². The summed E-state index contributed by atoms with van der Waals surface area (Å²) in [6.07, 6.45) is 4.44. The first kappa shape index (κ1) is 12.7. The first-order valence-electron chi connectivity index (χ1n) is 6.88. The molecule has 102 valence electrons. The molecule has 0 atom stereocenters. The average molecular weight is 267 g/mol. The molecule has 0 spiro atoms. The van der Waals surface area contributed by atoms with Gasteiger partial charge in [-0.2, -0.15) is 0 Å². The van der Waals surface area contributed by atoms with E-state index in [1.165, 1.54) is 5.56 Å². The summed E-state index contributed by atoms with van der Waals surface area (Å²) in [6, 6.07) is 9.62. The fourth-order valence-corrected chi connectivity index (χ4v) is 2.55. The summed E-state index contributed by atoms with van der Waals surface area (Å²) in [4.78, 5) is 18.4. The normalized spacial score (nSPS) is 12.7. The number of anilines is 2. The van der Waals surface area contributed by atoms with Crippen LogP contribution in [0.3, 0.4) is 0 Å². The van der Waals surface area contributed by atoms with Crippen LogP contribution in [0.4, 0.5) is 11.4 Å². The maximum atomic E-state index is 12.7. The smallest absolute Gasteiger partial charge is 0.258 e. The van der Waals surface area contributed by atoms with Crippen LogP contribution in [0, 0.1) is 0 Å². The van der Waals surface area contributed by atoms with Gasteiger partial charge < -0.3 is 10.2 Å². The molecule has 0 saturated heterocycles. The molecule has 0 fully saturated rings. The van der Waals surface area contributed by atoms with Crippen molar-refractivity contribution in [1.82, 2.24) is 4.98 Å². The number of pyridine rings is 1. The highest BCUT2D eigenvalue weighted by Gasteiger charge is 2.18. The maximum Gasteiger partial charge on any atom is 0.258 e. The Morgan fingerprint density at radius 3 is 2.85 bits per heavy atom. The van der Waals surface area contributed by atoms with Gasteiger partial charge in [0.15, 0.2) is 0 Å². The minimum Gasteiger partial charge on any atom is -0.384 e. The van der Waals surface area contributed by atoms with E-state index in [1.54, 1.807) is 17.3 Å². The van der Waals surface area contributed by atoms with Gasteiger partial charge in [0.05, 0.1) is 0 Å². The van der Waals surface area contributed by atoms with Crippen molar-refractivity contribution < 1.29 is 4.79 Å². The van der Waals surface area contributed by atoms with Crippen molar-refractivity contribution in [3.8, 4) is 0 Å². The summed E-state index contributed by atoms with van der Waals surface area (Å²) < 4.78 is 0. The van der Waals surface area contributed by atoms with Gasteiger partial charge in [-0.3, -0.25) is 9.78 Å². The maximum absolute atomic E-state index is 12.7. The number of benzene rings is 1. The predicted octanol–water partition coefficient (Wildman–Crippen LogP) is 2.72. The zero-order valence-corrected chi connectivity index (χ0v) is 11.5. The number of rotatable bonds is 3. The lowest BCUT2D eigenvalue weighted by Gasteiger charge is -2.21. The number of carbonyl (C=O) groups is 1. The molecular weight excluding hydrogens is 250 g/mol. The van der Waals surface area contributed by atoms with Crippen molar-refractivity contribution in [2.45, 2.75) is 13.3 Å². The number of hydrogen-bond acceptors (Lipinski definition) is 3. The highest BCUT2D eigenvalue weighted by atomic mass is 16.2. The van der Waals surface area contributed by atoms with E-state index in [0.717, 1.165) is 29.9 Å². The first-order valence-corrected chi connectivity index (χ1v) is 6.88. The minimum atomic E-state index is 0.0233. The molecular formula is C16H17N3O. The van der Waals surface area contributed by atoms with Crippen molar-refractivity contribution in [2.24, 2.45) is 0 Å². The number of hydrogen-bond donors (Lipinski definition) is 1. The van der Waals surface area contributed by atoms with Crippen LogP contribution in [0.1, 0.15) is 22.8 Å². The number of aromatic nitrogens is 1. The standard InChI is InChI=1S/C16H17N3O/c1-2-19(14-6-8-17-9-7-14)16(20)13-4-3-12-5-10-18-15(12)11-13/h3-4,6-9,11,18H,2,5,10H2,1H3. The average Bonchev–Trinajstić information content (AvgIpc) is 2.96. The molecule has 4 heteroatoms. The SMILES string of the molecule is CCN(C(=O)c1ccc2c(c1)NCC2)c1ccncc1. The highest BCUT2D eigenvalue weighted by molar-refractivity contribution is 6.06. The molecule has 1 aromatic heterocycles. The van der Waals surface area contributed by atoms with Gasteiger partial charge in [-0.25, -0.2) is 0 Å². The Morgan fingerprint density at radius 1 is 1.30 bits per heavy atom. The Labute approximate surface area is 118 Å². The van der Waals surface area contributed by atoms with Crippen molar-refractivity contribution >= 4 is 17.3 Å². The fraction of sp³-hybridized carbons (Fsp3) is 0.250. The third kappa shape index (κ3) is 2.25. The predicted molar refractivity (Wildman–Crippen MR) is 80.2 cm³/mol. The second kappa shape index (κ2) is 5.33. The lowest BCUT2D eigenvalue weighted by molar-refractivity contribution is 0.0988. The third-order valence-electron chi connectivity index (χ3n) is 3.60. The van der Waals surface area contributed by atoms with E-state index in [4.69, 9.17) is 0 Å². The van der Waals surface area contributed by atoms with E-state index in [0.29, 0.717) is 6.54 Å². The Hall–Kier alpha value is -2.36. The molecule has 1 amide bonds. The molecule has 3 rings (SSSR count). The van der Waals surface area contributed by atoms with Crippen LogP contribution in [0.5, 0.6) is 0 Å². The Kier molecular flexibility index (Phi) is 3.37. The Balaban J connectivity index is 1.91. The molecule has 0 radical (unpaired) electrons. The van der Waals surface area contributed by atoms with E-state index in [2.05, 4.69) is 10.3 Å². The molecule has 2 aromatic rings. The quantitative estimate of drug-likeness (QED) is 0.930. The fourth-order valence-electron chi connectivity index (χ4n) is 2.55. The number of nitrogens with zero attached hydrogens (tertiary/aromatic N) is 2. The second-order valence-corrected chi connectivity index (χ2v) is 4.80. The molecule has 2 heterocycles. The van der Waals surface area contributed by atoms with Crippen molar-refractivity contribution in [1.29, 1.82) is 0 Å². The van der Waals surface area contributed by atoms with Crippen LogP contribution in [-0.4, -0.2) is 24.0 Å². The van der Waals surface area contributed by atoms with Crippen LogP contribution in [0.15, 0.2) is 42.7 Å². The Bertz CT molecular complexity index is 625. The minimum absolute atomic E-state index is 0.0233. The topological polar surface area (TPSA) is 45.2 Å². The molecule has 1 aliphatic rings. The first-order chi connectivity index (χ1) is 9.79. The van der Waals surface area contributed by atoms with Gasteiger partial charge in [-0.1, -0.05) is 6.07 Å².